The number of carbonyl (C=O) groups excluding carboxylic acids is 2. The predicted octanol–water partition coefficient (Wildman–Crippen LogP) is 0.413. The quantitative estimate of drug-likeness (QED) is 0.638. The van der Waals surface area contributed by atoms with Crippen LogP contribution < -0.4 is 20.1 Å². The van der Waals surface area contributed by atoms with Crippen LogP contribution in [0.2, 0.25) is 0 Å². The van der Waals surface area contributed by atoms with Crippen LogP contribution in [-0.4, -0.2) is 49.2 Å². The molecule has 0 aromatic heterocycles. The van der Waals surface area contributed by atoms with E-state index in [9.17, 15) is 14.4 Å². The van der Waals surface area contributed by atoms with Crippen molar-refractivity contribution < 1.29 is 29.0 Å². The van der Waals surface area contributed by atoms with Crippen LogP contribution in [0.15, 0.2) is 18.2 Å². The van der Waals surface area contributed by atoms with Gasteiger partial charge in [-0.05, 0) is 32.0 Å². The molecule has 0 heterocycles. The average molecular weight is 324 g/mol. The molecular formula is C15H20N2O6. The topological polar surface area (TPSA) is 114 Å². The number of hydrogen-bond acceptors (Lipinski definition) is 5. The molecule has 0 aliphatic rings. The van der Waals surface area contributed by atoms with Crippen molar-refractivity contribution in [3.8, 4) is 11.5 Å². The summed E-state index contributed by atoms with van der Waals surface area (Å²) in [6.07, 6.45) is 0. The predicted molar refractivity (Wildman–Crippen MR) is 81.7 cm³/mol. The molecule has 1 rings (SSSR count). The number of nitrogens with one attached hydrogen (secondary N) is 2. The molecule has 1 aromatic carbocycles. The SMILES string of the molecule is COc1cc(C(=O)NCC(=O)O)ccc1OCC(=O)NC(C)C. The lowest BCUT2D eigenvalue weighted by Gasteiger charge is -2.13. The molecule has 0 saturated carbocycles. The van der Waals surface area contributed by atoms with Crippen molar-refractivity contribution in [3.63, 3.8) is 0 Å². The van der Waals surface area contributed by atoms with Gasteiger partial charge in [0.25, 0.3) is 11.8 Å². The van der Waals surface area contributed by atoms with E-state index in [2.05, 4.69) is 10.6 Å². The maximum atomic E-state index is 11.8. The Bertz CT molecular complexity index is 585. The van der Waals surface area contributed by atoms with Crippen LogP contribution >= 0.6 is 0 Å². The highest BCUT2D eigenvalue weighted by molar-refractivity contribution is 5.96. The Labute approximate surface area is 133 Å². The van der Waals surface area contributed by atoms with Gasteiger partial charge in [0, 0.05) is 11.6 Å². The maximum Gasteiger partial charge on any atom is 0.322 e. The molecule has 8 heteroatoms. The van der Waals surface area contributed by atoms with Crippen LogP contribution in [0.4, 0.5) is 0 Å². The highest BCUT2D eigenvalue weighted by Crippen LogP contribution is 2.28. The van der Waals surface area contributed by atoms with E-state index >= 15 is 0 Å². The van der Waals surface area contributed by atoms with E-state index < -0.39 is 18.4 Å². The molecule has 3 N–H and O–H groups in total. The molecular weight excluding hydrogens is 304 g/mol. The summed E-state index contributed by atoms with van der Waals surface area (Å²) < 4.78 is 10.5. The number of aliphatic carboxylic acids is 1. The average Bonchev–Trinajstić information content (AvgIpc) is 2.49. The molecule has 0 saturated heterocycles. The van der Waals surface area contributed by atoms with E-state index in [-0.39, 0.29) is 29.9 Å². The van der Waals surface area contributed by atoms with Crippen LogP contribution in [-0.2, 0) is 9.59 Å². The third-order valence-electron chi connectivity index (χ3n) is 2.63. The fourth-order valence-corrected chi connectivity index (χ4v) is 1.69. The minimum atomic E-state index is -1.14. The molecule has 2 amide bonds. The third-order valence-corrected chi connectivity index (χ3v) is 2.63. The molecule has 0 unspecified atom stereocenters. The van der Waals surface area contributed by atoms with Gasteiger partial charge >= 0.3 is 5.97 Å². The summed E-state index contributed by atoms with van der Waals surface area (Å²) in [5.74, 6) is -1.38. The number of ether oxygens (including phenoxy) is 2. The summed E-state index contributed by atoms with van der Waals surface area (Å²) in [5.41, 5.74) is 0.224. The zero-order valence-corrected chi connectivity index (χ0v) is 13.2. The lowest BCUT2D eigenvalue weighted by molar-refractivity contribution is -0.135. The Morgan fingerprint density at radius 2 is 1.91 bits per heavy atom. The number of rotatable bonds is 8. The summed E-state index contributed by atoms with van der Waals surface area (Å²) in [7, 11) is 1.40. The summed E-state index contributed by atoms with van der Waals surface area (Å²) in [5, 5.41) is 13.5. The fraction of sp³-hybridized carbons (Fsp3) is 0.400. The first-order valence-electron chi connectivity index (χ1n) is 6.93. The molecule has 0 bridgehead atoms. The largest absolute Gasteiger partial charge is 0.493 e. The van der Waals surface area contributed by atoms with Gasteiger partial charge in [0.15, 0.2) is 18.1 Å². The highest BCUT2D eigenvalue weighted by Gasteiger charge is 2.13. The molecule has 0 atom stereocenters. The van der Waals surface area contributed by atoms with E-state index in [0.717, 1.165) is 0 Å². The highest BCUT2D eigenvalue weighted by atomic mass is 16.5. The second kappa shape index (κ2) is 8.62. The smallest absolute Gasteiger partial charge is 0.322 e. The standard InChI is InChI=1S/C15H20N2O6/c1-9(2)17-13(18)8-23-11-5-4-10(6-12(11)22-3)15(21)16-7-14(19)20/h4-6,9H,7-8H2,1-3H3,(H,16,21)(H,17,18)(H,19,20). The van der Waals surface area contributed by atoms with Gasteiger partial charge < -0.3 is 25.2 Å². The van der Waals surface area contributed by atoms with Gasteiger partial charge in [-0.15, -0.1) is 0 Å². The Morgan fingerprint density at radius 3 is 2.48 bits per heavy atom. The first-order valence-corrected chi connectivity index (χ1v) is 6.93. The van der Waals surface area contributed by atoms with Crippen LogP contribution in [0.5, 0.6) is 11.5 Å². The van der Waals surface area contributed by atoms with Crippen LogP contribution in [0.1, 0.15) is 24.2 Å². The van der Waals surface area contributed by atoms with Crippen molar-refractivity contribution in [3.05, 3.63) is 23.8 Å². The van der Waals surface area contributed by atoms with Crippen molar-refractivity contribution >= 4 is 17.8 Å². The first-order chi connectivity index (χ1) is 10.8. The van der Waals surface area contributed by atoms with Crippen molar-refractivity contribution in [2.45, 2.75) is 19.9 Å². The number of carboxylic acids is 1. The van der Waals surface area contributed by atoms with E-state index in [1.54, 1.807) is 0 Å². The van der Waals surface area contributed by atoms with Crippen molar-refractivity contribution in [1.82, 2.24) is 10.6 Å². The van der Waals surface area contributed by atoms with Gasteiger partial charge in [0.1, 0.15) is 6.54 Å². The zero-order chi connectivity index (χ0) is 17.4. The number of amides is 2. The number of methoxy groups -OCH3 is 1. The molecule has 8 nitrogen and oxygen atoms in total. The number of hydrogen-bond donors (Lipinski definition) is 3. The first kappa shape index (κ1) is 18.3. The van der Waals surface area contributed by atoms with Gasteiger partial charge in [0.05, 0.1) is 7.11 Å². The fourth-order valence-electron chi connectivity index (χ4n) is 1.69. The third kappa shape index (κ3) is 6.25. The molecule has 126 valence electrons. The van der Waals surface area contributed by atoms with E-state index in [0.29, 0.717) is 5.75 Å². The van der Waals surface area contributed by atoms with Gasteiger partial charge in [-0.3, -0.25) is 14.4 Å². The number of carbonyl (C=O) groups is 3. The van der Waals surface area contributed by atoms with Crippen LogP contribution in [0, 0.1) is 0 Å². The van der Waals surface area contributed by atoms with Crippen molar-refractivity contribution in [1.29, 1.82) is 0 Å². The van der Waals surface area contributed by atoms with E-state index in [1.165, 1.54) is 25.3 Å². The van der Waals surface area contributed by atoms with Crippen molar-refractivity contribution in [2.24, 2.45) is 0 Å². The lowest BCUT2D eigenvalue weighted by Crippen LogP contribution is -2.34. The Kier molecular flexibility index (Phi) is 6.85. The van der Waals surface area contributed by atoms with E-state index in [1.807, 2.05) is 13.8 Å². The molecule has 0 fully saturated rings. The minimum absolute atomic E-state index is 0.00769. The summed E-state index contributed by atoms with van der Waals surface area (Å²) in [6.45, 7) is 3.01. The maximum absolute atomic E-state index is 11.8. The second-order valence-electron chi connectivity index (χ2n) is 4.95. The number of benzene rings is 1. The molecule has 0 aliphatic heterocycles. The van der Waals surface area contributed by atoms with Gasteiger partial charge in [0.2, 0.25) is 0 Å². The van der Waals surface area contributed by atoms with Gasteiger partial charge in [-0.2, -0.15) is 0 Å². The molecule has 0 spiro atoms. The summed E-state index contributed by atoms with van der Waals surface area (Å²) in [6, 6.07) is 4.35. The van der Waals surface area contributed by atoms with Crippen molar-refractivity contribution in [2.75, 3.05) is 20.3 Å². The van der Waals surface area contributed by atoms with Crippen LogP contribution in [0.25, 0.3) is 0 Å². The normalized spacial score (nSPS) is 10.1. The summed E-state index contributed by atoms with van der Waals surface area (Å²) in [4.78, 5) is 33.8. The van der Waals surface area contributed by atoms with Gasteiger partial charge in [-0.1, -0.05) is 0 Å². The molecule has 0 radical (unpaired) electrons. The molecule has 1 aromatic rings. The van der Waals surface area contributed by atoms with Gasteiger partial charge in [-0.25, -0.2) is 0 Å². The molecule has 23 heavy (non-hydrogen) atoms. The Balaban J connectivity index is 2.74. The Hall–Kier alpha value is -2.77. The Morgan fingerprint density at radius 1 is 1.22 bits per heavy atom. The zero-order valence-electron chi connectivity index (χ0n) is 13.2. The lowest BCUT2D eigenvalue weighted by atomic mass is 10.2. The monoisotopic (exact) mass is 324 g/mol. The second-order valence-corrected chi connectivity index (χ2v) is 4.95. The minimum Gasteiger partial charge on any atom is -0.493 e. The molecule has 0 aliphatic carbocycles. The van der Waals surface area contributed by atoms with E-state index in [4.69, 9.17) is 14.6 Å². The summed E-state index contributed by atoms with van der Waals surface area (Å²) >= 11 is 0. The van der Waals surface area contributed by atoms with Crippen LogP contribution in [0.3, 0.4) is 0 Å². The number of carboxylic acid groups (broad SMARTS) is 1.